The molecule has 28 heavy (non-hydrogen) atoms. The molecule has 0 bridgehead atoms. The first-order valence-corrected chi connectivity index (χ1v) is 8.61. The van der Waals surface area contributed by atoms with Crippen molar-refractivity contribution in [3.05, 3.63) is 71.8 Å². The second-order valence-electron chi connectivity index (χ2n) is 6.16. The van der Waals surface area contributed by atoms with Crippen LogP contribution >= 0.6 is 12.4 Å². The molecule has 9 heteroatoms. The molecule has 0 aliphatic carbocycles. The fourth-order valence-corrected chi connectivity index (χ4v) is 2.84. The molecule has 0 radical (unpaired) electrons. The highest BCUT2D eigenvalue weighted by Gasteiger charge is 2.16. The molecule has 0 saturated carbocycles. The number of amides is 1. The molecule has 4 rings (SSSR count). The molecule has 2 heterocycles. The quantitative estimate of drug-likeness (QED) is 0.700. The molecule has 0 spiro atoms. The van der Waals surface area contributed by atoms with Crippen molar-refractivity contribution in [2.45, 2.75) is 6.10 Å². The highest BCUT2D eigenvalue weighted by Crippen LogP contribution is 2.21. The number of morpholine rings is 1. The summed E-state index contributed by atoms with van der Waals surface area (Å²) in [5, 5.41) is 13.9. The third kappa shape index (κ3) is 4.53. The van der Waals surface area contributed by atoms with Gasteiger partial charge >= 0.3 is 0 Å². The number of aromatic nitrogens is 3. The minimum Gasteiger partial charge on any atom is -0.371 e. The number of rotatable bonds is 4. The van der Waals surface area contributed by atoms with Crippen LogP contribution < -0.4 is 10.6 Å². The lowest BCUT2D eigenvalue weighted by Gasteiger charge is -2.24. The van der Waals surface area contributed by atoms with Gasteiger partial charge in [-0.2, -0.15) is 0 Å². The predicted molar refractivity (Wildman–Crippen MR) is 105 cm³/mol. The van der Waals surface area contributed by atoms with E-state index in [-0.39, 0.29) is 35.9 Å². The van der Waals surface area contributed by atoms with E-state index in [2.05, 4.69) is 20.9 Å². The number of nitrogens with zero attached hydrogens (tertiary/aromatic N) is 3. The molecule has 7 nitrogen and oxygen atoms in total. The van der Waals surface area contributed by atoms with E-state index >= 15 is 0 Å². The van der Waals surface area contributed by atoms with E-state index < -0.39 is 0 Å². The molecular formula is C19H19ClFN5O2. The van der Waals surface area contributed by atoms with Crippen LogP contribution in [0.15, 0.2) is 54.7 Å². The third-order valence-electron chi connectivity index (χ3n) is 4.29. The van der Waals surface area contributed by atoms with Gasteiger partial charge in [0.1, 0.15) is 5.82 Å². The summed E-state index contributed by atoms with van der Waals surface area (Å²) in [5.74, 6) is -0.707. The number of carbonyl (C=O) groups excluding carboxylic acids is 1. The molecule has 2 aromatic carbocycles. The number of carbonyl (C=O) groups is 1. The second kappa shape index (κ2) is 8.92. The second-order valence-corrected chi connectivity index (χ2v) is 6.16. The molecule has 1 aliphatic rings. The van der Waals surface area contributed by atoms with Crippen LogP contribution in [0.25, 0.3) is 5.69 Å². The minimum absolute atomic E-state index is 0. The van der Waals surface area contributed by atoms with Gasteiger partial charge in [-0.25, -0.2) is 9.07 Å². The Hall–Kier alpha value is -2.81. The number of hydrogen-bond donors (Lipinski definition) is 2. The van der Waals surface area contributed by atoms with Crippen LogP contribution in [0.4, 0.5) is 10.1 Å². The van der Waals surface area contributed by atoms with Gasteiger partial charge in [0.25, 0.3) is 5.91 Å². The van der Waals surface area contributed by atoms with Crippen molar-refractivity contribution in [1.29, 1.82) is 0 Å². The van der Waals surface area contributed by atoms with E-state index in [1.54, 1.807) is 12.1 Å². The number of benzene rings is 2. The Balaban J connectivity index is 0.00000225. The number of halogens is 2. The average molecular weight is 404 g/mol. The summed E-state index contributed by atoms with van der Waals surface area (Å²) in [4.78, 5) is 12.4. The maximum absolute atomic E-state index is 13.0. The van der Waals surface area contributed by atoms with E-state index in [4.69, 9.17) is 4.74 Å². The first-order valence-electron chi connectivity index (χ1n) is 8.61. The van der Waals surface area contributed by atoms with Crippen LogP contribution in [0.1, 0.15) is 22.2 Å². The normalized spacial score (nSPS) is 16.2. The van der Waals surface area contributed by atoms with Crippen molar-refractivity contribution in [2.75, 3.05) is 25.0 Å². The van der Waals surface area contributed by atoms with Gasteiger partial charge < -0.3 is 15.4 Å². The van der Waals surface area contributed by atoms with Crippen molar-refractivity contribution in [3.63, 3.8) is 0 Å². The van der Waals surface area contributed by atoms with Gasteiger partial charge in [-0.1, -0.05) is 17.3 Å². The standard InChI is InChI=1S/C19H18FN5O2.ClH/c20-14-3-7-16(8-4-14)25-12-17(23-24-25)19(26)22-15-5-1-13(2-6-15)18-11-21-9-10-27-18;/h1-8,12,18,21H,9-11H2,(H,22,26);1H/t18-;/m1./s1. The van der Waals surface area contributed by atoms with Gasteiger partial charge in [0.15, 0.2) is 5.69 Å². The lowest BCUT2D eigenvalue weighted by molar-refractivity contribution is 0.0277. The Kier molecular flexibility index (Phi) is 6.35. The van der Waals surface area contributed by atoms with Crippen LogP contribution in [0.2, 0.25) is 0 Å². The Labute approximate surface area is 167 Å². The van der Waals surface area contributed by atoms with Gasteiger partial charge in [0.2, 0.25) is 0 Å². The van der Waals surface area contributed by atoms with Crippen molar-refractivity contribution in [1.82, 2.24) is 20.3 Å². The van der Waals surface area contributed by atoms with Crippen molar-refractivity contribution in [3.8, 4) is 5.69 Å². The molecule has 1 aliphatic heterocycles. The van der Waals surface area contributed by atoms with Crippen LogP contribution in [-0.4, -0.2) is 40.6 Å². The molecule has 0 unspecified atom stereocenters. The summed E-state index contributed by atoms with van der Waals surface area (Å²) in [6, 6.07) is 13.3. The smallest absolute Gasteiger partial charge is 0.277 e. The SMILES string of the molecule is Cl.O=C(Nc1ccc([C@H]2CNCCO2)cc1)c1cn(-c2ccc(F)cc2)nn1. The summed E-state index contributed by atoms with van der Waals surface area (Å²) < 4.78 is 20.1. The Morgan fingerprint density at radius 1 is 1.18 bits per heavy atom. The first kappa shape index (κ1) is 19.9. The van der Waals surface area contributed by atoms with Gasteiger partial charge in [-0.05, 0) is 42.0 Å². The molecule has 2 N–H and O–H groups in total. The van der Waals surface area contributed by atoms with E-state index in [1.807, 2.05) is 24.3 Å². The largest absolute Gasteiger partial charge is 0.371 e. The molecule has 1 atom stereocenters. The zero-order chi connectivity index (χ0) is 18.6. The predicted octanol–water partition coefficient (Wildman–Crippen LogP) is 2.74. The fraction of sp³-hybridized carbons (Fsp3) is 0.211. The summed E-state index contributed by atoms with van der Waals surface area (Å²) in [5.41, 5.74) is 2.50. The molecule has 1 amide bonds. The molecular weight excluding hydrogens is 385 g/mol. The highest BCUT2D eigenvalue weighted by atomic mass is 35.5. The Morgan fingerprint density at radius 3 is 2.61 bits per heavy atom. The molecule has 146 valence electrons. The Morgan fingerprint density at radius 2 is 1.93 bits per heavy atom. The average Bonchev–Trinajstić information content (AvgIpc) is 3.20. The summed E-state index contributed by atoms with van der Waals surface area (Å²) in [6.45, 7) is 2.33. The highest BCUT2D eigenvalue weighted by molar-refractivity contribution is 6.02. The van der Waals surface area contributed by atoms with Gasteiger partial charge in [-0.15, -0.1) is 17.5 Å². The maximum atomic E-state index is 13.0. The van der Waals surface area contributed by atoms with Crippen LogP contribution in [0.5, 0.6) is 0 Å². The number of hydrogen-bond acceptors (Lipinski definition) is 5. The van der Waals surface area contributed by atoms with Crippen LogP contribution in [-0.2, 0) is 4.74 Å². The zero-order valence-corrected chi connectivity index (χ0v) is 15.7. The van der Waals surface area contributed by atoms with Gasteiger partial charge in [0, 0.05) is 18.8 Å². The number of ether oxygens (including phenoxy) is 1. The summed E-state index contributed by atoms with van der Waals surface area (Å²) >= 11 is 0. The molecule has 1 saturated heterocycles. The minimum atomic E-state index is -0.369. The third-order valence-corrected chi connectivity index (χ3v) is 4.29. The van der Waals surface area contributed by atoms with Crippen molar-refractivity contribution < 1.29 is 13.9 Å². The lowest BCUT2D eigenvalue weighted by atomic mass is 10.1. The molecule has 3 aromatic rings. The zero-order valence-electron chi connectivity index (χ0n) is 14.8. The monoisotopic (exact) mass is 403 g/mol. The topological polar surface area (TPSA) is 81.1 Å². The summed E-state index contributed by atoms with van der Waals surface area (Å²) in [7, 11) is 0. The van der Waals surface area contributed by atoms with Crippen LogP contribution in [0.3, 0.4) is 0 Å². The van der Waals surface area contributed by atoms with E-state index in [9.17, 15) is 9.18 Å². The maximum Gasteiger partial charge on any atom is 0.277 e. The van der Waals surface area contributed by atoms with Gasteiger partial charge in [-0.3, -0.25) is 4.79 Å². The van der Waals surface area contributed by atoms with E-state index in [0.717, 1.165) is 18.7 Å². The molecule has 1 aromatic heterocycles. The number of nitrogens with one attached hydrogen (secondary N) is 2. The lowest BCUT2D eigenvalue weighted by Crippen LogP contribution is -2.33. The molecule has 1 fully saturated rings. The Bertz CT molecular complexity index is 924. The van der Waals surface area contributed by atoms with E-state index in [1.165, 1.54) is 23.0 Å². The van der Waals surface area contributed by atoms with E-state index in [0.29, 0.717) is 18.0 Å². The van der Waals surface area contributed by atoms with Crippen LogP contribution in [0, 0.1) is 5.82 Å². The van der Waals surface area contributed by atoms with Gasteiger partial charge in [0.05, 0.1) is 24.6 Å². The van der Waals surface area contributed by atoms with Crippen molar-refractivity contribution >= 4 is 24.0 Å². The summed E-state index contributed by atoms with van der Waals surface area (Å²) in [6.07, 6.45) is 1.53. The first-order chi connectivity index (χ1) is 13.2. The number of anilines is 1. The fourth-order valence-electron chi connectivity index (χ4n) is 2.84. The van der Waals surface area contributed by atoms with Crippen molar-refractivity contribution in [2.24, 2.45) is 0 Å².